The van der Waals surface area contributed by atoms with Crippen LogP contribution in [0, 0.1) is 6.92 Å². The van der Waals surface area contributed by atoms with E-state index < -0.39 is 0 Å². The monoisotopic (exact) mass is 250 g/mol. The third-order valence-electron chi connectivity index (χ3n) is 3.65. The molecule has 3 aromatic rings. The minimum Gasteiger partial charge on any atom is -0.343 e. The van der Waals surface area contributed by atoms with Crippen molar-refractivity contribution in [2.75, 3.05) is 6.54 Å². The molecule has 19 heavy (non-hydrogen) atoms. The average molecular weight is 250 g/mol. The molecule has 2 aromatic carbocycles. The Labute approximate surface area is 113 Å². The van der Waals surface area contributed by atoms with Crippen molar-refractivity contribution in [3.05, 3.63) is 60.3 Å². The zero-order chi connectivity index (χ0) is 13.2. The predicted octanol–water partition coefficient (Wildman–Crippen LogP) is 3.58. The number of hydrogen-bond acceptors (Lipinski definition) is 1. The number of rotatable bonds is 3. The van der Waals surface area contributed by atoms with E-state index in [0.29, 0.717) is 6.54 Å². The molecular weight excluding hydrogens is 232 g/mol. The first-order valence-electron chi connectivity index (χ1n) is 6.66. The molecule has 0 saturated heterocycles. The Hall–Kier alpha value is -2.06. The maximum absolute atomic E-state index is 5.75. The van der Waals surface area contributed by atoms with Gasteiger partial charge in [-0.05, 0) is 18.6 Å². The van der Waals surface area contributed by atoms with Gasteiger partial charge in [0, 0.05) is 35.2 Å². The molecule has 2 N–H and O–H groups in total. The van der Waals surface area contributed by atoms with E-state index in [4.69, 9.17) is 5.73 Å². The van der Waals surface area contributed by atoms with Gasteiger partial charge in [-0.2, -0.15) is 0 Å². The summed E-state index contributed by atoms with van der Waals surface area (Å²) in [5, 5.41) is 1.31. The first-order chi connectivity index (χ1) is 9.33. The van der Waals surface area contributed by atoms with E-state index in [2.05, 4.69) is 66.1 Å². The van der Waals surface area contributed by atoms with Gasteiger partial charge < -0.3 is 10.3 Å². The Morgan fingerprint density at radius 2 is 1.63 bits per heavy atom. The van der Waals surface area contributed by atoms with Gasteiger partial charge in [0.25, 0.3) is 0 Å². The molecule has 0 spiro atoms. The summed E-state index contributed by atoms with van der Waals surface area (Å²) in [4.78, 5) is 0. The highest BCUT2D eigenvalue weighted by molar-refractivity contribution is 5.98. The number of nitrogens with two attached hydrogens (primary N) is 1. The second-order valence-electron chi connectivity index (χ2n) is 4.78. The standard InChI is InChI=1S/C17H18N2/c1-13-17(14-7-3-2-4-8-14)15-9-5-6-10-16(15)19(13)12-11-18/h2-10H,11-12,18H2,1H3. The van der Waals surface area contributed by atoms with Gasteiger partial charge in [-0.25, -0.2) is 0 Å². The van der Waals surface area contributed by atoms with Crippen LogP contribution in [0.15, 0.2) is 54.6 Å². The van der Waals surface area contributed by atoms with E-state index in [-0.39, 0.29) is 0 Å². The van der Waals surface area contributed by atoms with Gasteiger partial charge in [0.15, 0.2) is 0 Å². The maximum Gasteiger partial charge on any atom is 0.0489 e. The van der Waals surface area contributed by atoms with E-state index in [0.717, 1.165) is 6.54 Å². The summed E-state index contributed by atoms with van der Waals surface area (Å²) in [6.45, 7) is 3.70. The van der Waals surface area contributed by atoms with Crippen molar-refractivity contribution in [2.45, 2.75) is 13.5 Å². The molecule has 0 atom stereocenters. The van der Waals surface area contributed by atoms with Crippen LogP contribution in [0.5, 0.6) is 0 Å². The SMILES string of the molecule is Cc1c(-c2ccccc2)c2ccccc2n1CCN. The van der Waals surface area contributed by atoms with Crippen LogP contribution in [-0.4, -0.2) is 11.1 Å². The Kier molecular flexibility index (Phi) is 3.10. The number of para-hydroxylation sites is 1. The van der Waals surface area contributed by atoms with Gasteiger partial charge in [0.1, 0.15) is 0 Å². The fourth-order valence-corrected chi connectivity index (χ4v) is 2.82. The van der Waals surface area contributed by atoms with Crippen LogP contribution in [0.4, 0.5) is 0 Å². The van der Waals surface area contributed by atoms with Crippen molar-refractivity contribution in [3.63, 3.8) is 0 Å². The molecular formula is C17H18N2. The number of benzene rings is 2. The molecule has 0 unspecified atom stereocenters. The van der Waals surface area contributed by atoms with Gasteiger partial charge in [0.2, 0.25) is 0 Å². The molecule has 3 rings (SSSR count). The molecule has 0 aliphatic heterocycles. The zero-order valence-corrected chi connectivity index (χ0v) is 11.1. The fraction of sp³-hybridized carbons (Fsp3) is 0.176. The van der Waals surface area contributed by atoms with E-state index in [1.807, 2.05) is 0 Å². The third-order valence-corrected chi connectivity index (χ3v) is 3.65. The van der Waals surface area contributed by atoms with Crippen molar-refractivity contribution in [1.29, 1.82) is 0 Å². The van der Waals surface area contributed by atoms with Crippen molar-refractivity contribution >= 4 is 10.9 Å². The van der Waals surface area contributed by atoms with Crippen LogP contribution >= 0.6 is 0 Å². The normalized spacial score (nSPS) is 11.1. The fourth-order valence-electron chi connectivity index (χ4n) is 2.82. The third kappa shape index (κ3) is 1.94. The van der Waals surface area contributed by atoms with Crippen molar-refractivity contribution in [2.24, 2.45) is 5.73 Å². The van der Waals surface area contributed by atoms with E-state index >= 15 is 0 Å². The van der Waals surface area contributed by atoms with Crippen LogP contribution in [0.25, 0.3) is 22.0 Å². The first kappa shape index (κ1) is 12.0. The quantitative estimate of drug-likeness (QED) is 0.757. The largest absolute Gasteiger partial charge is 0.343 e. The summed E-state index contributed by atoms with van der Waals surface area (Å²) < 4.78 is 2.32. The highest BCUT2D eigenvalue weighted by Gasteiger charge is 2.14. The molecule has 96 valence electrons. The van der Waals surface area contributed by atoms with E-state index in [1.165, 1.54) is 27.7 Å². The van der Waals surface area contributed by atoms with Crippen molar-refractivity contribution < 1.29 is 0 Å². The average Bonchev–Trinajstić information content (AvgIpc) is 2.73. The summed E-state index contributed by atoms with van der Waals surface area (Å²) in [5.41, 5.74) is 10.9. The van der Waals surface area contributed by atoms with Crippen molar-refractivity contribution in [3.8, 4) is 11.1 Å². The summed E-state index contributed by atoms with van der Waals surface area (Å²) in [6.07, 6.45) is 0. The minimum atomic E-state index is 0.660. The van der Waals surface area contributed by atoms with E-state index in [9.17, 15) is 0 Å². The predicted molar refractivity (Wildman–Crippen MR) is 81.2 cm³/mol. The molecule has 0 aliphatic carbocycles. The lowest BCUT2D eigenvalue weighted by molar-refractivity contribution is 0.716. The Morgan fingerprint density at radius 3 is 2.37 bits per heavy atom. The number of nitrogens with zero attached hydrogens (tertiary/aromatic N) is 1. The molecule has 1 aromatic heterocycles. The minimum absolute atomic E-state index is 0.660. The molecule has 2 heteroatoms. The van der Waals surface area contributed by atoms with Gasteiger partial charge in [0.05, 0.1) is 0 Å². The number of hydrogen-bond donors (Lipinski definition) is 1. The molecule has 0 aliphatic rings. The van der Waals surface area contributed by atoms with Crippen LogP contribution in [0.3, 0.4) is 0 Å². The lowest BCUT2D eigenvalue weighted by atomic mass is 10.0. The topological polar surface area (TPSA) is 30.9 Å². The van der Waals surface area contributed by atoms with Crippen LogP contribution in [0.2, 0.25) is 0 Å². The van der Waals surface area contributed by atoms with Gasteiger partial charge in [-0.1, -0.05) is 48.5 Å². The smallest absolute Gasteiger partial charge is 0.0489 e. The lowest BCUT2D eigenvalue weighted by Gasteiger charge is -2.06. The molecule has 0 amide bonds. The highest BCUT2D eigenvalue weighted by atomic mass is 15.0. The first-order valence-corrected chi connectivity index (χ1v) is 6.66. The van der Waals surface area contributed by atoms with Gasteiger partial charge in [-0.15, -0.1) is 0 Å². The highest BCUT2D eigenvalue weighted by Crippen LogP contribution is 2.34. The second-order valence-corrected chi connectivity index (χ2v) is 4.78. The summed E-state index contributed by atoms with van der Waals surface area (Å²) in [5.74, 6) is 0. The molecule has 0 fully saturated rings. The van der Waals surface area contributed by atoms with E-state index in [1.54, 1.807) is 0 Å². The molecule has 0 radical (unpaired) electrons. The summed E-state index contributed by atoms with van der Waals surface area (Å²) >= 11 is 0. The summed E-state index contributed by atoms with van der Waals surface area (Å²) in [7, 11) is 0. The maximum atomic E-state index is 5.75. The van der Waals surface area contributed by atoms with Crippen molar-refractivity contribution in [1.82, 2.24) is 4.57 Å². The van der Waals surface area contributed by atoms with Gasteiger partial charge in [-0.3, -0.25) is 0 Å². The zero-order valence-electron chi connectivity index (χ0n) is 11.1. The van der Waals surface area contributed by atoms with Gasteiger partial charge >= 0.3 is 0 Å². The second kappa shape index (κ2) is 4.90. The molecule has 0 saturated carbocycles. The van der Waals surface area contributed by atoms with Crippen LogP contribution < -0.4 is 5.73 Å². The molecule has 1 heterocycles. The Morgan fingerprint density at radius 1 is 0.947 bits per heavy atom. The number of aromatic nitrogens is 1. The lowest BCUT2D eigenvalue weighted by Crippen LogP contribution is -2.10. The Balaban J connectivity index is 2.33. The molecule has 0 bridgehead atoms. The number of fused-ring (bicyclic) bond motifs is 1. The van der Waals surface area contributed by atoms with Crippen LogP contribution in [0.1, 0.15) is 5.69 Å². The van der Waals surface area contributed by atoms with Crippen LogP contribution in [-0.2, 0) is 6.54 Å². The molecule has 2 nitrogen and oxygen atoms in total. The Bertz CT molecular complexity index is 696. The summed E-state index contributed by atoms with van der Waals surface area (Å²) in [6, 6.07) is 19.1.